The summed E-state index contributed by atoms with van der Waals surface area (Å²) in [4.78, 5) is 12.5. The Morgan fingerprint density at radius 3 is 2.57 bits per heavy atom. The van der Waals surface area contributed by atoms with Crippen LogP contribution < -0.4 is 5.73 Å². The third kappa shape index (κ3) is 2.78. The molecule has 28 heavy (non-hydrogen) atoms. The minimum absolute atomic E-state index is 0.677. The van der Waals surface area contributed by atoms with Crippen molar-refractivity contribution in [2.75, 3.05) is 0 Å². The van der Waals surface area contributed by atoms with Crippen LogP contribution in [0, 0.1) is 0 Å². The van der Waals surface area contributed by atoms with Crippen LogP contribution in [0.25, 0.3) is 11.1 Å². The lowest BCUT2D eigenvalue weighted by molar-refractivity contribution is -0.144. The summed E-state index contributed by atoms with van der Waals surface area (Å²) in [5, 5.41) is 11.4. The van der Waals surface area contributed by atoms with Crippen molar-refractivity contribution in [3.05, 3.63) is 81.5 Å². The van der Waals surface area contributed by atoms with Gasteiger partial charge in [-0.1, -0.05) is 55.5 Å². The van der Waals surface area contributed by atoms with Gasteiger partial charge >= 0.3 is 5.97 Å². The van der Waals surface area contributed by atoms with Crippen LogP contribution in [-0.2, 0) is 21.6 Å². The van der Waals surface area contributed by atoms with Gasteiger partial charge in [-0.25, -0.2) is 0 Å². The molecule has 0 aliphatic heterocycles. The fourth-order valence-electron chi connectivity index (χ4n) is 3.99. The number of hydrogen-bond donors (Lipinski definition) is 2. The van der Waals surface area contributed by atoms with E-state index in [-0.39, 0.29) is 0 Å². The zero-order chi connectivity index (χ0) is 19.9. The average molecular weight is 394 g/mol. The summed E-state index contributed by atoms with van der Waals surface area (Å²) < 4.78 is 6.62. The highest BCUT2D eigenvalue weighted by Crippen LogP contribution is 2.55. The Balaban J connectivity index is 1.99. The van der Waals surface area contributed by atoms with Crippen molar-refractivity contribution in [3.8, 4) is 11.1 Å². The molecule has 0 radical (unpaired) electrons. The predicted octanol–water partition coefficient (Wildman–Crippen LogP) is 4.40. The minimum Gasteiger partial charge on any atom is -0.480 e. The zero-order valence-corrected chi connectivity index (χ0v) is 16.7. The SMILES string of the molecule is CCc1ccc2c(c1)C(OC(C)[C@H](N)C(=O)O)(c1cccs1)c1ccccc1-2. The highest BCUT2D eigenvalue weighted by atomic mass is 32.1. The zero-order valence-electron chi connectivity index (χ0n) is 15.9. The van der Waals surface area contributed by atoms with Crippen LogP contribution in [0.5, 0.6) is 0 Å². The van der Waals surface area contributed by atoms with Crippen molar-refractivity contribution < 1.29 is 14.6 Å². The molecular weight excluding hydrogens is 370 g/mol. The minimum atomic E-state index is -1.11. The van der Waals surface area contributed by atoms with Gasteiger partial charge < -0.3 is 15.6 Å². The molecule has 3 N–H and O–H groups in total. The second-order valence-electron chi connectivity index (χ2n) is 7.12. The standard InChI is InChI=1S/C23H23NO3S/c1-3-15-10-11-17-16-7-4-5-8-18(16)23(19(17)13-15,20-9-6-12-28-20)27-14(2)21(24)22(25)26/h4-14,21H,3,24H2,1-2H3,(H,25,26)/t14?,21-,23?/m0/s1. The van der Waals surface area contributed by atoms with E-state index < -0.39 is 23.7 Å². The van der Waals surface area contributed by atoms with Gasteiger partial charge in [0, 0.05) is 16.0 Å². The maximum Gasteiger partial charge on any atom is 0.323 e. The largest absolute Gasteiger partial charge is 0.480 e. The Kier molecular flexibility index (Phi) is 4.83. The summed E-state index contributed by atoms with van der Waals surface area (Å²) in [6.45, 7) is 3.86. The number of carboxylic acid groups (broad SMARTS) is 1. The normalized spacial score (nSPS) is 19.7. The Labute approximate surface area is 168 Å². The van der Waals surface area contributed by atoms with E-state index in [1.54, 1.807) is 18.3 Å². The van der Waals surface area contributed by atoms with Crippen LogP contribution in [0.4, 0.5) is 0 Å². The van der Waals surface area contributed by atoms with E-state index in [0.717, 1.165) is 33.6 Å². The predicted molar refractivity (Wildman–Crippen MR) is 112 cm³/mol. The van der Waals surface area contributed by atoms with E-state index >= 15 is 0 Å². The lowest BCUT2D eigenvalue weighted by atomic mass is 9.88. The van der Waals surface area contributed by atoms with Crippen LogP contribution in [0.3, 0.4) is 0 Å². The number of benzene rings is 2. The quantitative estimate of drug-likeness (QED) is 0.651. The molecule has 1 heterocycles. The molecule has 3 atom stereocenters. The lowest BCUT2D eigenvalue weighted by Crippen LogP contribution is -2.46. The number of carbonyl (C=O) groups is 1. The fourth-order valence-corrected chi connectivity index (χ4v) is 4.88. The molecule has 144 valence electrons. The monoisotopic (exact) mass is 393 g/mol. The summed E-state index contributed by atoms with van der Waals surface area (Å²) in [6.07, 6.45) is 0.234. The first kappa shape index (κ1) is 18.9. The van der Waals surface area contributed by atoms with Crippen molar-refractivity contribution in [3.63, 3.8) is 0 Å². The Hall–Kier alpha value is -2.47. The molecule has 2 unspecified atom stereocenters. The molecule has 0 fully saturated rings. The third-order valence-electron chi connectivity index (χ3n) is 5.49. The smallest absolute Gasteiger partial charge is 0.323 e. The molecule has 0 spiro atoms. The van der Waals surface area contributed by atoms with E-state index in [0.29, 0.717) is 0 Å². The number of nitrogens with two attached hydrogens (primary N) is 1. The molecule has 0 bridgehead atoms. The second kappa shape index (κ2) is 7.17. The first-order valence-electron chi connectivity index (χ1n) is 9.42. The number of rotatable bonds is 6. The number of fused-ring (bicyclic) bond motifs is 3. The van der Waals surface area contributed by atoms with E-state index in [9.17, 15) is 9.90 Å². The molecule has 1 aromatic heterocycles. The maximum absolute atomic E-state index is 11.5. The molecule has 5 heteroatoms. The van der Waals surface area contributed by atoms with Crippen LogP contribution in [0.1, 0.15) is 35.4 Å². The summed E-state index contributed by atoms with van der Waals surface area (Å²) in [5.41, 5.74) is 10.6. The second-order valence-corrected chi connectivity index (χ2v) is 8.07. The molecule has 0 amide bonds. The van der Waals surface area contributed by atoms with Gasteiger partial charge in [0.25, 0.3) is 0 Å². The van der Waals surface area contributed by atoms with Crippen molar-refractivity contribution in [2.24, 2.45) is 5.73 Å². The fraction of sp³-hybridized carbons (Fsp3) is 0.261. The van der Waals surface area contributed by atoms with Gasteiger partial charge in [0.2, 0.25) is 0 Å². The Morgan fingerprint density at radius 1 is 1.14 bits per heavy atom. The number of thiophene rings is 1. The average Bonchev–Trinajstić information content (AvgIpc) is 3.33. The summed E-state index contributed by atoms with van der Waals surface area (Å²) >= 11 is 1.61. The summed E-state index contributed by atoms with van der Waals surface area (Å²) in [6, 6.07) is 17.6. The molecular formula is C23H23NO3S. The maximum atomic E-state index is 11.5. The number of aliphatic carboxylic acids is 1. The van der Waals surface area contributed by atoms with Gasteiger partial charge in [0.1, 0.15) is 6.04 Å². The van der Waals surface area contributed by atoms with E-state index in [2.05, 4.69) is 37.3 Å². The van der Waals surface area contributed by atoms with Crippen molar-refractivity contribution in [1.82, 2.24) is 0 Å². The number of ether oxygens (including phenoxy) is 1. The first-order chi connectivity index (χ1) is 13.5. The highest BCUT2D eigenvalue weighted by Gasteiger charge is 2.48. The topological polar surface area (TPSA) is 72.5 Å². The van der Waals surface area contributed by atoms with Crippen molar-refractivity contribution in [2.45, 2.75) is 38.0 Å². The third-order valence-corrected chi connectivity index (χ3v) is 6.46. The van der Waals surface area contributed by atoms with Crippen LogP contribution >= 0.6 is 11.3 Å². The first-order valence-corrected chi connectivity index (χ1v) is 10.3. The molecule has 1 aliphatic rings. The molecule has 4 rings (SSSR count). The van der Waals surface area contributed by atoms with Gasteiger partial charge in [-0.3, -0.25) is 4.79 Å². The molecule has 0 saturated carbocycles. The van der Waals surface area contributed by atoms with Gasteiger partial charge in [0.05, 0.1) is 6.10 Å². The highest BCUT2D eigenvalue weighted by molar-refractivity contribution is 7.10. The number of hydrogen-bond acceptors (Lipinski definition) is 4. The number of aryl methyl sites for hydroxylation is 1. The van der Waals surface area contributed by atoms with Crippen LogP contribution in [-0.4, -0.2) is 23.2 Å². The van der Waals surface area contributed by atoms with Crippen LogP contribution in [0.2, 0.25) is 0 Å². The summed E-state index contributed by atoms with van der Waals surface area (Å²) in [7, 11) is 0. The molecule has 1 aliphatic carbocycles. The van der Waals surface area contributed by atoms with Crippen LogP contribution in [0.15, 0.2) is 60.0 Å². The van der Waals surface area contributed by atoms with Gasteiger partial charge in [-0.2, -0.15) is 0 Å². The lowest BCUT2D eigenvalue weighted by Gasteiger charge is -2.35. The molecule has 0 saturated heterocycles. The Morgan fingerprint density at radius 2 is 1.89 bits per heavy atom. The molecule has 3 aromatic rings. The Bertz CT molecular complexity index is 1010. The summed E-state index contributed by atoms with van der Waals surface area (Å²) in [5.74, 6) is -1.07. The van der Waals surface area contributed by atoms with Gasteiger partial charge in [-0.15, -0.1) is 11.3 Å². The molecule has 4 nitrogen and oxygen atoms in total. The molecule has 2 aromatic carbocycles. The van der Waals surface area contributed by atoms with Gasteiger partial charge in [0.15, 0.2) is 5.60 Å². The van der Waals surface area contributed by atoms with Gasteiger partial charge in [-0.05, 0) is 41.5 Å². The number of carboxylic acids is 1. The van der Waals surface area contributed by atoms with E-state index in [1.807, 2.05) is 29.6 Å². The van der Waals surface area contributed by atoms with E-state index in [1.165, 1.54) is 5.56 Å². The van der Waals surface area contributed by atoms with Crippen molar-refractivity contribution in [1.29, 1.82) is 0 Å². The van der Waals surface area contributed by atoms with E-state index in [4.69, 9.17) is 10.5 Å². The van der Waals surface area contributed by atoms with Crippen molar-refractivity contribution >= 4 is 17.3 Å².